The molecule has 0 aliphatic carbocycles. The van der Waals surface area contributed by atoms with E-state index >= 15 is 0 Å². The standard InChI is InChI=1S/C9H14N2O3S/c1-6(2)15(13,14)5-8-10-7(3)4-9(12)11-8/h4,6H,5H2,1-3H3,(H,10,11,12). The van der Waals surface area contributed by atoms with Crippen LogP contribution in [0.25, 0.3) is 0 Å². The van der Waals surface area contributed by atoms with Gasteiger partial charge in [-0.1, -0.05) is 0 Å². The summed E-state index contributed by atoms with van der Waals surface area (Å²) in [5.74, 6) is -0.294. The zero-order valence-electron chi connectivity index (χ0n) is 8.93. The van der Waals surface area contributed by atoms with Crippen molar-refractivity contribution in [2.75, 3.05) is 0 Å². The van der Waals surface area contributed by atoms with Crippen LogP contribution < -0.4 is 0 Å². The number of hydrogen-bond acceptors (Lipinski definition) is 5. The molecule has 0 saturated carbocycles. The molecule has 0 unspecified atom stereocenters. The Morgan fingerprint density at radius 3 is 2.47 bits per heavy atom. The molecule has 1 aromatic rings. The van der Waals surface area contributed by atoms with Crippen LogP contribution >= 0.6 is 0 Å². The maximum atomic E-state index is 11.6. The average molecular weight is 230 g/mol. The monoisotopic (exact) mass is 230 g/mol. The molecule has 1 aromatic heterocycles. The zero-order chi connectivity index (χ0) is 11.6. The number of aryl methyl sites for hydroxylation is 1. The Morgan fingerprint density at radius 2 is 2.00 bits per heavy atom. The van der Waals surface area contributed by atoms with Crippen LogP contribution in [-0.2, 0) is 15.6 Å². The largest absolute Gasteiger partial charge is 0.493 e. The average Bonchev–Trinajstić information content (AvgIpc) is 1.99. The number of nitrogens with zero attached hydrogens (tertiary/aromatic N) is 2. The first-order chi connectivity index (χ1) is 6.81. The number of hydrogen-bond donors (Lipinski definition) is 1. The van der Waals surface area contributed by atoms with E-state index in [9.17, 15) is 13.5 Å². The number of aromatic nitrogens is 2. The van der Waals surface area contributed by atoms with Gasteiger partial charge >= 0.3 is 0 Å². The van der Waals surface area contributed by atoms with Gasteiger partial charge in [0.05, 0.1) is 5.25 Å². The fourth-order valence-electron chi connectivity index (χ4n) is 1.02. The molecule has 0 bridgehead atoms. The number of rotatable bonds is 3. The Morgan fingerprint density at radius 1 is 1.40 bits per heavy atom. The Hall–Kier alpha value is -1.17. The van der Waals surface area contributed by atoms with Crippen molar-refractivity contribution < 1.29 is 13.5 Å². The third-order valence-electron chi connectivity index (χ3n) is 1.94. The Balaban J connectivity index is 3.00. The lowest BCUT2D eigenvalue weighted by molar-refractivity contribution is 0.448. The Bertz CT molecular complexity index is 434. The SMILES string of the molecule is Cc1cc(O)nc(CS(=O)(=O)C(C)C)n1. The highest BCUT2D eigenvalue weighted by atomic mass is 32.2. The fourth-order valence-corrected chi connectivity index (χ4v) is 1.85. The van der Waals surface area contributed by atoms with Gasteiger partial charge in [-0.3, -0.25) is 0 Å². The number of sulfone groups is 1. The van der Waals surface area contributed by atoms with Gasteiger partial charge < -0.3 is 5.11 Å². The zero-order valence-corrected chi connectivity index (χ0v) is 9.74. The van der Waals surface area contributed by atoms with Gasteiger partial charge in [0.15, 0.2) is 9.84 Å². The summed E-state index contributed by atoms with van der Waals surface area (Å²) in [7, 11) is -3.22. The van der Waals surface area contributed by atoms with Crippen LogP contribution in [-0.4, -0.2) is 28.7 Å². The highest BCUT2D eigenvalue weighted by molar-refractivity contribution is 7.91. The van der Waals surface area contributed by atoms with Crippen molar-refractivity contribution in [2.45, 2.75) is 31.8 Å². The summed E-state index contributed by atoms with van der Waals surface area (Å²) in [6.07, 6.45) is 0. The fraction of sp³-hybridized carbons (Fsp3) is 0.556. The van der Waals surface area contributed by atoms with Gasteiger partial charge in [0.2, 0.25) is 5.88 Å². The normalized spacial score (nSPS) is 12.0. The second-order valence-electron chi connectivity index (χ2n) is 3.64. The summed E-state index contributed by atoms with van der Waals surface area (Å²) in [5.41, 5.74) is 0.552. The maximum Gasteiger partial charge on any atom is 0.214 e. The van der Waals surface area contributed by atoms with Gasteiger partial charge in [-0.15, -0.1) is 0 Å². The van der Waals surface area contributed by atoms with Gasteiger partial charge in [0, 0.05) is 11.8 Å². The first-order valence-electron chi connectivity index (χ1n) is 4.56. The number of aromatic hydroxyl groups is 1. The quantitative estimate of drug-likeness (QED) is 0.831. The third kappa shape index (κ3) is 3.16. The van der Waals surface area contributed by atoms with E-state index < -0.39 is 15.1 Å². The second-order valence-corrected chi connectivity index (χ2v) is 6.20. The van der Waals surface area contributed by atoms with Crippen LogP contribution in [0.3, 0.4) is 0 Å². The smallest absolute Gasteiger partial charge is 0.214 e. The molecule has 0 fully saturated rings. The molecule has 0 saturated heterocycles. The minimum absolute atomic E-state index is 0.140. The third-order valence-corrected chi connectivity index (χ3v) is 4.03. The van der Waals surface area contributed by atoms with Crippen molar-refractivity contribution in [1.82, 2.24) is 9.97 Å². The van der Waals surface area contributed by atoms with Crippen molar-refractivity contribution in [3.8, 4) is 5.88 Å². The van der Waals surface area contributed by atoms with E-state index in [2.05, 4.69) is 9.97 Å². The van der Waals surface area contributed by atoms with E-state index in [-0.39, 0.29) is 17.5 Å². The van der Waals surface area contributed by atoms with Crippen molar-refractivity contribution >= 4 is 9.84 Å². The molecule has 6 heteroatoms. The first-order valence-corrected chi connectivity index (χ1v) is 6.28. The van der Waals surface area contributed by atoms with Gasteiger partial charge in [0.25, 0.3) is 0 Å². The molecule has 84 valence electrons. The minimum atomic E-state index is -3.22. The highest BCUT2D eigenvalue weighted by Gasteiger charge is 2.18. The molecule has 0 aromatic carbocycles. The van der Waals surface area contributed by atoms with E-state index in [1.165, 1.54) is 6.07 Å². The summed E-state index contributed by atoms with van der Waals surface area (Å²) in [4.78, 5) is 7.62. The molecule has 1 N–H and O–H groups in total. The van der Waals surface area contributed by atoms with Crippen LogP contribution in [0.2, 0.25) is 0 Å². The summed E-state index contributed by atoms with van der Waals surface area (Å²) < 4.78 is 23.1. The predicted molar refractivity (Wildman–Crippen MR) is 56.2 cm³/mol. The summed E-state index contributed by atoms with van der Waals surface area (Å²) in [6, 6.07) is 1.38. The first kappa shape index (κ1) is 11.9. The van der Waals surface area contributed by atoms with Crippen LogP contribution in [0.15, 0.2) is 6.07 Å². The topological polar surface area (TPSA) is 80.2 Å². The van der Waals surface area contributed by atoms with E-state index in [0.717, 1.165) is 0 Å². The van der Waals surface area contributed by atoms with Gasteiger partial charge in [0.1, 0.15) is 11.6 Å². The van der Waals surface area contributed by atoms with E-state index in [1.54, 1.807) is 20.8 Å². The molecular weight excluding hydrogens is 216 g/mol. The molecule has 1 heterocycles. The lowest BCUT2D eigenvalue weighted by Gasteiger charge is -2.06. The highest BCUT2D eigenvalue weighted by Crippen LogP contribution is 2.11. The molecule has 5 nitrogen and oxygen atoms in total. The Kier molecular flexibility index (Phi) is 3.28. The van der Waals surface area contributed by atoms with E-state index in [1.807, 2.05) is 0 Å². The van der Waals surface area contributed by atoms with E-state index in [4.69, 9.17) is 0 Å². The van der Waals surface area contributed by atoms with Crippen molar-refractivity contribution in [2.24, 2.45) is 0 Å². The summed E-state index contributed by atoms with van der Waals surface area (Å²) in [5, 5.41) is 8.71. The van der Waals surface area contributed by atoms with Crippen LogP contribution in [0, 0.1) is 6.92 Å². The lowest BCUT2D eigenvalue weighted by Crippen LogP contribution is -2.17. The van der Waals surface area contributed by atoms with Gasteiger partial charge in [-0.25, -0.2) is 13.4 Å². The molecular formula is C9H14N2O3S. The van der Waals surface area contributed by atoms with Crippen LogP contribution in [0.5, 0.6) is 5.88 Å². The van der Waals surface area contributed by atoms with E-state index in [0.29, 0.717) is 5.69 Å². The summed E-state index contributed by atoms with van der Waals surface area (Å²) in [6.45, 7) is 4.88. The van der Waals surface area contributed by atoms with Crippen molar-refractivity contribution in [3.05, 3.63) is 17.6 Å². The van der Waals surface area contributed by atoms with Crippen LogP contribution in [0.4, 0.5) is 0 Å². The molecule has 0 atom stereocenters. The van der Waals surface area contributed by atoms with Crippen molar-refractivity contribution in [1.29, 1.82) is 0 Å². The predicted octanol–water partition coefficient (Wildman–Crippen LogP) is 0.814. The maximum absolute atomic E-state index is 11.6. The minimum Gasteiger partial charge on any atom is -0.493 e. The molecule has 0 aliphatic heterocycles. The molecule has 0 spiro atoms. The Labute approximate surface area is 89.1 Å². The molecule has 0 radical (unpaired) electrons. The molecule has 0 aliphatic rings. The summed E-state index contributed by atoms with van der Waals surface area (Å²) >= 11 is 0. The lowest BCUT2D eigenvalue weighted by atomic mass is 10.4. The molecule has 15 heavy (non-hydrogen) atoms. The molecule has 0 amide bonds. The van der Waals surface area contributed by atoms with Crippen LogP contribution in [0.1, 0.15) is 25.4 Å². The van der Waals surface area contributed by atoms with Crippen molar-refractivity contribution in [3.63, 3.8) is 0 Å². The van der Waals surface area contributed by atoms with Gasteiger partial charge in [-0.05, 0) is 20.8 Å². The molecule has 1 rings (SSSR count). The second kappa shape index (κ2) is 4.14. The van der Waals surface area contributed by atoms with Gasteiger partial charge in [-0.2, -0.15) is 4.98 Å².